The molecule has 1 saturated heterocycles. The average Bonchev–Trinajstić information content (AvgIpc) is 3.15. The Bertz CT molecular complexity index is 1050. The van der Waals surface area contributed by atoms with Gasteiger partial charge in [0.05, 0.1) is 5.92 Å². The van der Waals surface area contributed by atoms with E-state index < -0.39 is 24.0 Å². The summed E-state index contributed by atoms with van der Waals surface area (Å²) >= 11 is 0. The molecule has 1 heterocycles. The number of hydrogen-bond acceptors (Lipinski definition) is 4. The number of nitrogens with one attached hydrogen (secondary N) is 1. The fourth-order valence-corrected chi connectivity index (χ4v) is 5.30. The molecule has 2 amide bonds. The summed E-state index contributed by atoms with van der Waals surface area (Å²) in [4.78, 5) is 38.8. The van der Waals surface area contributed by atoms with Gasteiger partial charge in [0, 0.05) is 31.5 Å². The molecule has 4 rings (SSSR count). The first-order valence-electron chi connectivity index (χ1n) is 12.4. The fourth-order valence-electron chi connectivity index (χ4n) is 5.30. The van der Waals surface area contributed by atoms with E-state index >= 15 is 0 Å². The maximum Gasteiger partial charge on any atom is 0.407 e. The second-order valence-electron chi connectivity index (χ2n) is 10.2. The van der Waals surface area contributed by atoms with Gasteiger partial charge in [-0.1, -0.05) is 69.3 Å². The molecule has 1 aliphatic heterocycles. The number of fused-ring (bicyclic) bond motifs is 3. The predicted octanol–water partition coefficient (Wildman–Crippen LogP) is 4.51. The van der Waals surface area contributed by atoms with E-state index in [2.05, 4.69) is 29.6 Å². The second-order valence-corrected chi connectivity index (χ2v) is 10.2. The van der Waals surface area contributed by atoms with Gasteiger partial charge in [-0.3, -0.25) is 9.59 Å². The Labute approximate surface area is 206 Å². The molecule has 35 heavy (non-hydrogen) atoms. The number of alkyl carbamates (subject to hydrolysis) is 1. The zero-order valence-electron chi connectivity index (χ0n) is 20.6. The molecular weight excluding hydrogens is 444 g/mol. The van der Waals surface area contributed by atoms with E-state index in [4.69, 9.17) is 4.74 Å². The van der Waals surface area contributed by atoms with Crippen LogP contribution < -0.4 is 5.32 Å². The zero-order valence-corrected chi connectivity index (χ0v) is 20.6. The Morgan fingerprint density at radius 2 is 1.63 bits per heavy atom. The molecule has 3 atom stereocenters. The van der Waals surface area contributed by atoms with Crippen LogP contribution in [0.1, 0.15) is 50.7 Å². The molecule has 7 nitrogen and oxygen atoms in total. The number of carboxylic acids is 1. The highest BCUT2D eigenvalue weighted by Gasteiger charge is 2.34. The number of rotatable bonds is 7. The molecule has 1 fully saturated rings. The van der Waals surface area contributed by atoms with Gasteiger partial charge in [-0.05, 0) is 40.5 Å². The number of piperidine rings is 1. The number of likely N-dealkylation sites (tertiary alicyclic amines) is 1. The Kier molecular flexibility index (Phi) is 7.43. The minimum absolute atomic E-state index is 0.0110. The van der Waals surface area contributed by atoms with Crippen molar-refractivity contribution in [1.82, 2.24) is 10.2 Å². The SMILES string of the molecule is CC1CC(C(=O)O)CN(C(=O)C[C@@H](NC(=O)OCC2c3ccccc3-c3ccccc32)C(C)C)C1. The van der Waals surface area contributed by atoms with Crippen molar-refractivity contribution >= 4 is 18.0 Å². The summed E-state index contributed by atoms with van der Waals surface area (Å²) < 4.78 is 5.66. The molecule has 7 heteroatoms. The molecule has 2 aliphatic rings. The molecule has 0 radical (unpaired) electrons. The van der Waals surface area contributed by atoms with Gasteiger partial charge in [0.15, 0.2) is 0 Å². The number of ether oxygens (including phenoxy) is 1. The Morgan fingerprint density at radius 3 is 2.20 bits per heavy atom. The molecule has 2 N–H and O–H groups in total. The first-order valence-corrected chi connectivity index (χ1v) is 12.4. The summed E-state index contributed by atoms with van der Waals surface area (Å²) in [6, 6.07) is 15.9. The van der Waals surface area contributed by atoms with Gasteiger partial charge in [-0.15, -0.1) is 0 Å². The quantitative estimate of drug-likeness (QED) is 0.611. The van der Waals surface area contributed by atoms with E-state index in [1.165, 1.54) is 0 Å². The Hall–Kier alpha value is -3.35. The standard InChI is InChI=1S/C28H34N2O5/c1-17(2)25(13-26(31)30-14-18(3)12-19(15-30)27(32)33)29-28(34)35-16-24-22-10-6-4-8-20(22)21-9-5-7-11-23(21)24/h4-11,17-19,24-25H,12-16H2,1-3H3,(H,29,34)(H,32,33)/t18?,19?,25-/m1/s1. The third-order valence-electron chi connectivity index (χ3n) is 7.21. The summed E-state index contributed by atoms with van der Waals surface area (Å²) in [6.45, 7) is 6.82. The monoisotopic (exact) mass is 478 g/mol. The highest BCUT2D eigenvalue weighted by atomic mass is 16.5. The highest BCUT2D eigenvalue weighted by Crippen LogP contribution is 2.44. The summed E-state index contributed by atoms with van der Waals surface area (Å²) in [5.74, 6) is -1.45. The summed E-state index contributed by atoms with van der Waals surface area (Å²) in [6.07, 6.45) is 0.139. The molecule has 0 bridgehead atoms. The van der Waals surface area contributed by atoms with Crippen LogP contribution in [0.4, 0.5) is 4.79 Å². The van der Waals surface area contributed by atoms with E-state index in [9.17, 15) is 19.5 Å². The maximum absolute atomic E-state index is 13.0. The lowest BCUT2D eigenvalue weighted by Gasteiger charge is -2.36. The van der Waals surface area contributed by atoms with Gasteiger partial charge in [-0.25, -0.2) is 4.79 Å². The highest BCUT2D eigenvalue weighted by molar-refractivity contribution is 5.80. The lowest BCUT2D eigenvalue weighted by molar-refractivity contribution is -0.147. The van der Waals surface area contributed by atoms with Gasteiger partial charge < -0.3 is 20.1 Å². The maximum atomic E-state index is 13.0. The summed E-state index contributed by atoms with van der Waals surface area (Å²) in [5.41, 5.74) is 4.62. The average molecular weight is 479 g/mol. The van der Waals surface area contributed by atoms with E-state index in [-0.39, 0.29) is 43.2 Å². The third kappa shape index (κ3) is 5.50. The number of carboxylic acid groups (broad SMARTS) is 1. The van der Waals surface area contributed by atoms with Gasteiger partial charge >= 0.3 is 12.1 Å². The van der Waals surface area contributed by atoms with E-state index in [0.717, 1.165) is 22.3 Å². The van der Waals surface area contributed by atoms with Crippen molar-refractivity contribution in [1.29, 1.82) is 0 Å². The van der Waals surface area contributed by atoms with Crippen molar-refractivity contribution < 1.29 is 24.2 Å². The molecule has 2 aromatic carbocycles. The van der Waals surface area contributed by atoms with Gasteiger partial charge in [0.25, 0.3) is 0 Å². The zero-order chi connectivity index (χ0) is 25.1. The lowest BCUT2D eigenvalue weighted by Crippen LogP contribution is -2.49. The molecule has 1 aliphatic carbocycles. The van der Waals surface area contributed by atoms with Gasteiger partial charge in [-0.2, -0.15) is 0 Å². The molecule has 0 spiro atoms. The first kappa shape index (κ1) is 24.8. The van der Waals surface area contributed by atoms with Crippen molar-refractivity contribution in [3.05, 3.63) is 59.7 Å². The molecule has 2 aromatic rings. The fraction of sp³-hybridized carbons (Fsp3) is 0.464. The molecule has 2 unspecified atom stereocenters. The van der Waals surface area contributed by atoms with Crippen LogP contribution in [0, 0.1) is 17.8 Å². The minimum atomic E-state index is -0.869. The normalized spacial score (nSPS) is 20.2. The van der Waals surface area contributed by atoms with Crippen molar-refractivity contribution in [2.75, 3.05) is 19.7 Å². The van der Waals surface area contributed by atoms with Crippen molar-refractivity contribution in [2.45, 2.75) is 45.6 Å². The van der Waals surface area contributed by atoms with Crippen LogP contribution >= 0.6 is 0 Å². The minimum Gasteiger partial charge on any atom is -0.481 e. The second kappa shape index (κ2) is 10.5. The first-order chi connectivity index (χ1) is 16.7. The van der Waals surface area contributed by atoms with Crippen LogP contribution in [-0.2, 0) is 14.3 Å². The number of hydrogen-bond donors (Lipinski definition) is 2. The lowest BCUT2D eigenvalue weighted by atomic mass is 9.90. The van der Waals surface area contributed by atoms with E-state index in [1.807, 2.05) is 45.0 Å². The van der Waals surface area contributed by atoms with E-state index in [1.54, 1.807) is 4.90 Å². The van der Waals surface area contributed by atoms with Crippen molar-refractivity contribution in [2.24, 2.45) is 17.8 Å². The number of carbonyl (C=O) groups excluding carboxylic acids is 2. The third-order valence-corrected chi connectivity index (χ3v) is 7.21. The molecule has 186 valence electrons. The molecule has 0 aromatic heterocycles. The Morgan fingerprint density at radius 1 is 1.03 bits per heavy atom. The predicted molar refractivity (Wildman–Crippen MR) is 133 cm³/mol. The summed E-state index contributed by atoms with van der Waals surface area (Å²) in [7, 11) is 0. The van der Waals surface area contributed by atoms with Gasteiger partial charge in [0.1, 0.15) is 6.61 Å². The van der Waals surface area contributed by atoms with Crippen LogP contribution in [0.5, 0.6) is 0 Å². The molecule has 0 saturated carbocycles. The summed E-state index contributed by atoms with van der Waals surface area (Å²) in [5, 5.41) is 12.3. The number of amides is 2. The van der Waals surface area contributed by atoms with Crippen LogP contribution in [0.25, 0.3) is 11.1 Å². The Balaban J connectivity index is 1.37. The molecular formula is C28H34N2O5. The smallest absolute Gasteiger partial charge is 0.407 e. The van der Waals surface area contributed by atoms with Crippen molar-refractivity contribution in [3.63, 3.8) is 0 Å². The topological polar surface area (TPSA) is 95.9 Å². The van der Waals surface area contributed by atoms with Crippen LogP contribution in [-0.4, -0.2) is 53.7 Å². The van der Waals surface area contributed by atoms with Crippen LogP contribution in [0.3, 0.4) is 0 Å². The largest absolute Gasteiger partial charge is 0.481 e. The number of nitrogens with zero attached hydrogens (tertiary/aromatic N) is 1. The number of carbonyl (C=O) groups is 3. The number of aliphatic carboxylic acids is 1. The van der Waals surface area contributed by atoms with Gasteiger partial charge in [0.2, 0.25) is 5.91 Å². The number of benzene rings is 2. The van der Waals surface area contributed by atoms with Crippen LogP contribution in [0.15, 0.2) is 48.5 Å². The van der Waals surface area contributed by atoms with E-state index in [0.29, 0.717) is 13.0 Å². The van der Waals surface area contributed by atoms with Crippen molar-refractivity contribution in [3.8, 4) is 11.1 Å². The van der Waals surface area contributed by atoms with Crippen LogP contribution in [0.2, 0.25) is 0 Å².